The fourth-order valence-electron chi connectivity index (χ4n) is 3.14. The van der Waals surface area contributed by atoms with Crippen LogP contribution in [0.15, 0.2) is 30.5 Å². The van der Waals surface area contributed by atoms with Crippen LogP contribution in [0.4, 0.5) is 0 Å². The molecule has 0 aliphatic carbocycles. The average Bonchev–Trinajstić information content (AvgIpc) is 3.12. The van der Waals surface area contributed by atoms with Crippen LogP contribution < -0.4 is 21.7 Å². The highest BCUT2D eigenvalue weighted by atomic mass is 16.4. The lowest BCUT2D eigenvalue weighted by Gasteiger charge is -2.22. The Morgan fingerprint density at radius 3 is 2.45 bits per heavy atom. The molecule has 2 atom stereocenters. The Hall–Kier alpha value is -3.40. The Kier molecular flexibility index (Phi) is 8.56. The third kappa shape index (κ3) is 7.41. The second kappa shape index (κ2) is 11.1. The van der Waals surface area contributed by atoms with E-state index < -0.39 is 48.9 Å². The molecular weight excluding hydrogens is 402 g/mol. The number of carboxylic acids is 1. The fourth-order valence-corrected chi connectivity index (χ4v) is 3.14. The number of aromatic nitrogens is 1. The second-order valence-corrected chi connectivity index (χ2v) is 7.75. The van der Waals surface area contributed by atoms with E-state index in [1.807, 2.05) is 44.3 Å². The summed E-state index contributed by atoms with van der Waals surface area (Å²) in [5, 5.41) is 16.8. The lowest BCUT2D eigenvalue weighted by molar-refractivity contribution is -0.138. The molecule has 0 aliphatic rings. The molecule has 3 amide bonds. The summed E-state index contributed by atoms with van der Waals surface area (Å²) < 4.78 is 0. The Bertz CT molecular complexity index is 939. The average molecular weight is 431 g/mol. The van der Waals surface area contributed by atoms with Gasteiger partial charge in [-0.25, -0.2) is 0 Å². The molecule has 10 heteroatoms. The molecule has 168 valence electrons. The lowest BCUT2D eigenvalue weighted by Crippen LogP contribution is -2.53. The molecule has 0 saturated carbocycles. The number of nitrogens with two attached hydrogens (primary N) is 1. The van der Waals surface area contributed by atoms with Crippen molar-refractivity contribution in [1.82, 2.24) is 20.9 Å². The van der Waals surface area contributed by atoms with Gasteiger partial charge in [0.1, 0.15) is 12.6 Å². The number of hydrogen-bond donors (Lipinski definition) is 6. The molecule has 0 bridgehead atoms. The molecule has 1 aromatic heterocycles. The Balaban J connectivity index is 1.95. The predicted octanol–water partition coefficient (Wildman–Crippen LogP) is -0.114. The van der Waals surface area contributed by atoms with Crippen LogP contribution in [0.1, 0.15) is 25.8 Å². The van der Waals surface area contributed by atoms with Crippen LogP contribution in [-0.4, -0.2) is 59.0 Å². The van der Waals surface area contributed by atoms with Gasteiger partial charge in [0.15, 0.2) is 0 Å². The van der Waals surface area contributed by atoms with E-state index in [1.165, 1.54) is 0 Å². The maximum absolute atomic E-state index is 12.6. The fraction of sp³-hybridized carbons (Fsp3) is 0.429. The van der Waals surface area contributed by atoms with Crippen molar-refractivity contribution >= 4 is 34.6 Å². The summed E-state index contributed by atoms with van der Waals surface area (Å²) in [5.41, 5.74) is 7.94. The van der Waals surface area contributed by atoms with E-state index >= 15 is 0 Å². The molecule has 0 spiro atoms. The van der Waals surface area contributed by atoms with Crippen molar-refractivity contribution in [2.75, 3.05) is 13.1 Å². The van der Waals surface area contributed by atoms with E-state index in [9.17, 15) is 19.2 Å². The van der Waals surface area contributed by atoms with Gasteiger partial charge in [0.25, 0.3) is 0 Å². The summed E-state index contributed by atoms with van der Waals surface area (Å²) in [6.07, 6.45) is 2.46. The van der Waals surface area contributed by atoms with Gasteiger partial charge < -0.3 is 31.8 Å². The van der Waals surface area contributed by atoms with Gasteiger partial charge in [0.05, 0.1) is 12.6 Å². The predicted molar refractivity (Wildman–Crippen MR) is 115 cm³/mol. The number of carbonyl (C=O) groups excluding carboxylic acids is 3. The van der Waals surface area contributed by atoms with Crippen LogP contribution >= 0.6 is 0 Å². The highest BCUT2D eigenvalue weighted by Gasteiger charge is 2.25. The van der Waals surface area contributed by atoms with Gasteiger partial charge in [-0.15, -0.1) is 0 Å². The van der Waals surface area contributed by atoms with Crippen molar-refractivity contribution in [3.05, 3.63) is 36.0 Å². The topological polar surface area (TPSA) is 166 Å². The van der Waals surface area contributed by atoms with Crippen molar-refractivity contribution in [3.8, 4) is 0 Å². The lowest BCUT2D eigenvalue weighted by atomic mass is 10.0. The summed E-state index contributed by atoms with van der Waals surface area (Å²) >= 11 is 0. The van der Waals surface area contributed by atoms with E-state index in [1.54, 1.807) is 0 Å². The zero-order valence-corrected chi connectivity index (χ0v) is 17.6. The van der Waals surface area contributed by atoms with Gasteiger partial charge in [0.2, 0.25) is 17.7 Å². The molecule has 1 aromatic carbocycles. The molecule has 0 unspecified atom stereocenters. The highest BCUT2D eigenvalue weighted by Crippen LogP contribution is 2.18. The van der Waals surface area contributed by atoms with Gasteiger partial charge in [-0.3, -0.25) is 19.2 Å². The highest BCUT2D eigenvalue weighted by molar-refractivity contribution is 5.92. The zero-order valence-electron chi connectivity index (χ0n) is 17.6. The molecule has 2 rings (SSSR count). The van der Waals surface area contributed by atoms with E-state index in [0.717, 1.165) is 16.5 Å². The quantitative estimate of drug-likeness (QED) is 0.290. The summed E-state index contributed by atoms with van der Waals surface area (Å²) in [5.74, 6) is -2.73. The van der Waals surface area contributed by atoms with Crippen LogP contribution in [0.2, 0.25) is 0 Å². The number of benzene rings is 1. The van der Waals surface area contributed by atoms with Gasteiger partial charge in [-0.05, 0) is 30.4 Å². The molecule has 31 heavy (non-hydrogen) atoms. The number of nitrogens with one attached hydrogen (secondary N) is 4. The third-order valence-corrected chi connectivity index (χ3v) is 4.65. The van der Waals surface area contributed by atoms with Crippen molar-refractivity contribution in [2.45, 2.75) is 38.8 Å². The molecule has 7 N–H and O–H groups in total. The Morgan fingerprint density at radius 2 is 1.77 bits per heavy atom. The summed E-state index contributed by atoms with van der Waals surface area (Å²) in [6.45, 7) is 2.87. The number of para-hydroxylation sites is 1. The number of aliphatic carboxylic acids is 1. The largest absolute Gasteiger partial charge is 0.480 e. The maximum atomic E-state index is 12.6. The smallest absolute Gasteiger partial charge is 0.322 e. The van der Waals surface area contributed by atoms with E-state index in [-0.39, 0.29) is 5.92 Å². The number of carboxylic acid groups (broad SMARTS) is 1. The first-order valence-corrected chi connectivity index (χ1v) is 10.0. The monoisotopic (exact) mass is 431 g/mol. The van der Waals surface area contributed by atoms with Gasteiger partial charge in [0, 0.05) is 17.1 Å². The SMILES string of the molecule is CC(C)C[C@H](NC(=O)[C@@H](N)Cc1c[nH]c2ccccc12)C(=O)NCC(=O)NCC(=O)O. The molecule has 0 aliphatic heterocycles. The third-order valence-electron chi connectivity index (χ3n) is 4.65. The van der Waals surface area contributed by atoms with Crippen LogP contribution in [0, 0.1) is 5.92 Å². The maximum Gasteiger partial charge on any atom is 0.322 e. The number of fused-ring (bicyclic) bond motifs is 1. The zero-order chi connectivity index (χ0) is 23.0. The number of amides is 3. The first-order valence-electron chi connectivity index (χ1n) is 10.0. The number of hydrogen-bond acceptors (Lipinski definition) is 5. The normalized spacial score (nSPS) is 12.9. The van der Waals surface area contributed by atoms with E-state index in [4.69, 9.17) is 10.8 Å². The number of aromatic amines is 1. The first kappa shape index (κ1) is 23.9. The van der Waals surface area contributed by atoms with Crippen molar-refractivity contribution in [2.24, 2.45) is 11.7 Å². The first-order chi connectivity index (χ1) is 14.7. The summed E-state index contributed by atoms with van der Waals surface area (Å²) in [7, 11) is 0. The minimum absolute atomic E-state index is 0.0988. The molecule has 0 fully saturated rings. The molecule has 0 radical (unpaired) electrons. The standard InChI is InChI=1S/C21H29N5O5/c1-12(2)7-17(21(31)25-10-18(27)24-11-19(28)29)26-20(30)15(22)8-13-9-23-16-6-4-3-5-14(13)16/h3-6,9,12,15,17,23H,7-8,10-11,22H2,1-2H3,(H,24,27)(H,25,31)(H,26,30)(H,28,29)/t15-,17-/m0/s1. The molecular formula is C21H29N5O5. The van der Waals surface area contributed by atoms with Crippen LogP contribution in [-0.2, 0) is 25.6 Å². The van der Waals surface area contributed by atoms with Crippen LogP contribution in [0.3, 0.4) is 0 Å². The van der Waals surface area contributed by atoms with Gasteiger partial charge in [-0.1, -0.05) is 32.0 Å². The summed E-state index contributed by atoms with van der Waals surface area (Å²) in [4.78, 5) is 50.4. The number of carbonyl (C=O) groups is 4. The molecule has 10 nitrogen and oxygen atoms in total. The summed E-state index contributed by atoms with van der Waals surface area (Å²) in [6, 6.07) is 5.96. The van der Waals surface area contributed by atoms with Crippen LogP contribution in [0.25, 0.3) is 10.9 Å². The van der Waals surface area contributed by atoms with Gasteiger partial charge in [-0.2, -0.15) is 0 Å². The van der Waals surface area contributed by atoms with Crippen LogP contribution in [0.5, 0.6) is 0 Å². The molecule has 2 aromatic rings. The van der Waals surface area contributed by atoms with Crippen molar-refractivity contribution in [1.29, 1.82) is 0 Å². The minimum atomic E-state index is -1.19. The van der Waals surface area contributed by atoms with E-state index in [0.29, 0.717) is 12.8 Å². The molecule has 0 saturated heterocycles. The van der Waals surface area contributed by atoms with Crippen molar-refractivity contribution < 1.29 is 24.3 Å². The number of H-pyrrole nitrogens is 1. The molecule has 1 heterocycles. The second-order valence-electron chi connectivity index (χ2n) is 7.75. The Labute approximate surface area is 179 Å². The van der Waals surface area contributed by atoms with E-state index in [2.05, 4.69) is 20.9 Å². The number of rotatable bonds is 11. The van der Waals surface area contributed by atoms with Crippen molar-refractivity contribution in [3.63, 3.8) is 0 Å². The minimum Gasteiger partial charge on any atom is -0.480 e. The van der Waals surface area contributed by atoms with Gasteiger partial charge >= 0.3 is 5.97 Å². The Morgan fingerprint density at radius 1 is 1.06 bits per heavy atom.